The van der Waals surface area contributed by atoms with Crippen molar-refractivity contribution in [2.24, 2.45) is 0 Å². The Hall–Kier alpha value is -2.07. The minimum absolute atomic E-state index is 0.288. The SMILES string of the molecule is CC[C@@H](Oc1cccc(Cl)c1)C(=O)Nc1ccc(F)cc1. The number of rotatable bonds is 5. The van der Waals surface area contributed by atoms with Crippen LogP contribution in [0.1, 0.15) is 13.3 Å². The molecule has 21 heavy (non-hydrogen) atoms. The van der Waals surface area contributed by atoms with Crippen LogP contribution in [0.2, 0.25) is 5.02 Å². The lowest BCUT2D eigenvalue weighted by atomic mass is 10.2. The molecule has 0 spiro atoms. The van der Waals surface area contributed by atoms with E-state index in [1.807, 2.05) is 6.92 Å². The molecule has 2 aromatic carbocycles. The molecule has 0 saturated carbocycles. The molecule has 0 aliphatic heterocycles. The Morgan fingerprint density at radius 3 is 2.62 bits per heavy atom. The number of carbonyl (C=O) groups excluding carboxylic acids is 1. The molecular formula is C16H15ClFNO2. The lowest BCUT2D eigenvalue weighted by Gasteiger charge is -2.17. The second kappa shape index (κ2) is 7.09. The third kappa shape index (κ3) is 4.46. The molecule has 0 fully saturated rings. The molecule has 2 rings (SSSR count). The lowest BCUT2D eigenvalue weighted by Crippen LogP contribution is -2.32. The fourth-order valence-electron chi connectivity index (χ4n) is 1.78. The van der Waals surface area contributed by atoms with Crippen LogP contribution in [0.25, 0.3) is 0 Å². The van der Waals surface area contributed by atoms with E-state index in [1.54, 1.807) is 24.3 Å². The molecule has 0 saturated heterocycles. The van der Waals surface area contributed by atoms with E-state index < -0.39 is 6.10 Å². The van der Waals surface area contributed by atoms with Crippen LogP contribution in [0.15, 0.2) is 48.5 Å². The zero-order chi connectivity index (χ0) is 15.2. The van der Waals surface area contributed by atoms with Crippen LogP contribution in [-0.2, 0) is 4.79 Å². The Kier molecular flexibility index (Phi) is 5.17. The summed E-state index contributed by atoms with van der Waals surface area (Å²) in [6, 6.07) is 12.4. The number of benzene rings is 2. The molecule has 0 aliphatic carbocycles. The summed E-state index contributed by atoms with van der Waals surface area (Å²) in [5, 5.41) is 3.23. The van der Waals surface area contributed by atoms with E-state index >= 15 is 0 Å². The summed E-state index contributed by atoms with van der Waals surface area (Å²) in [6.45, 7) is 1.85. The van der Waals surface area contributed by atoms with E-state index in [-0.39, 0.29) is 11.7 Å². The zero-order valence-corrected chi connectivity index (χ0v) is 12.2. The Bertz CT molecular complexity index is 616. The monoisotopic (exact) mass is 307 g/mol. The molecule has 1 N–H and O–H groups in total. The summed E-state index contributed by atoms with van der Waals surface area (Å²) in [4.78, 5) is 12.2. The van der Waals surface area contributed by atoms with Gasteiger partial charge in [0.1, 0.15) is 11.6 Å². The fourth-order valence-corrected chi connectivity index (χ4v) is 1.96. The highest BCUT2D eigenvalue weighted by Gasteiger charge is 2.18. The standard InChI is InChI=1S/C16H15ClFNO2/c1-2-15(21-14-5-3-4-11(17)10-14)16(20)19-13-8-6-12(18)7-9-13/h3-10,15H,2H2,1H3,(H,19,20)/t15-/m1/s1. The van der Waals surface area contributed by atoms with Gasteiger partial charge < -0.3 is 10.1 Å². The minimum atomic E-state index is -0.645. The smallest absolute Gasteiger partial charge is 0.265 e. The highest BCUT2D eigenvalue weighted by atomic mass is 35.5. The van der Waals surface area contributed by atoms with Crippen molar-refractivity contribution in [1.82, 2.24) is 0 Å². The van der Waals surface area contributed by atoms with Gasteiger partial charge >= 0.3 is 0 Å². The van der Waals surface area contributed by atoms with E-state index in [0.717, 1.165) is 0 Å². The highest BCUT2D eigenvalue weighted by Crippen LogP contribution is 2.20. The first kappa shape index (κ1) is 15.3. The molecule has 0 unspecified atom stereocenters. The maximum absolute atomic E-state index is 12.8. The normalized spacial score (nSPS) is 11.8. The summed E-state index contributed by atoms with van der Waals surface area (Å²) in [6.07, 6.45) is -0.145. The first-order chi connectivity index (χ1) is 10.1. The fraction of sp³-hybridized carbons (Fsp3) is 0.188. The van der Waals surface area contributed by atoms with Crippen molar-refractivity contribution in [3.8, 4) is 5.75 Å². The quantitative estimate of drug-likeness (QED) is 0.895. The van der Waals surface area contributed by atoms with Crippen LogP contribution in [0.3, 0.4) is 0 Å². The molecule has 5 heteroatoms. The van der Waals surface area contributed by atoms with Gasteiger partial charge in [0.05, 0.1) is 0 Å². The summed E-state index contributed by atoms with van der Waals surface area (Å²) in [7, 11) is 0. The maximum atomic E-state index is 12.8. The van der Waals surface area contributed by atoms with E-state index in [0.29, 0.717) is 22.9 Å². The van der Waals surface area contributed by atoms with Crippen LogP contribution in [0.4, 0.5) is 10.1 Å². The number of carbonyl (C=O) groups is 1. The number of anilines is 1. The number of amides is 1. The minimum Gasteiger partial charge on any atom is -0.481 e. The van der Waals surface area contributed by atoms with Crippen molar-refractivity contribution in [2.45, 2.75) is 19.4 Å². The van der Waals surface area contributed by atoms with E-state index in [1.165, 1.54) is 24.3 Å². The predicted molar refractivity (Wildman–Crippen MR) is 81.2 cm³/mol. The summed E-state index contributed by atoms with van der Waals surface area (Å²) in [5.74, 6) is -0.108. The van der Waals surface area contributed by atoms with Crippen LogP contribution in [0, 0.1) is 5.82 Å². The maximum Gasteiger partial charge on any atom is 0.265 e. The Labute approximate surface area is 127 Å². The van der Waals surface area contributed by atoms with Gasteiger partial charge in [0.2, 0.25) is 0 Å². The average Bonchev–Trinajstić information content (AvgIpc) is 2.47. The molecule has 0 radical (unpaired) electrons. The molecule has 1 amide bonds. The van der Waals surface area contributed by atoms with E-state index in [9.17, 15) is 9.18 Å². The largest absolute Gasteiger partial charge is 0.481 e. The van der Waals surface area contributed by atoms with Gasteiger partial charge in [0, 0.05) is 10.7 Å². The zero-order valence-electron chi connectivity index (χ0n) is 11.5. The van der Waals surface area contributed by atoms with Gasteiger partial charge in [-0.05, 0) is 48.9 Å². The number of ether oxygens (including phenoxy) is 1. The number of nitrogens with one attached hydrogen (secondary N) is 1. The third-order valence-electron chi connectivity index (χ3n) is 2.85. The van der Waals surface area contributed by atoms with Crippen molar-refractivity contribution in [3.63, 3.8) is 0 Å². The Morgan fingerprint density at radius 1 is 1.29 bits per heavy atom. The van der Waals surface area contributed by atoms with Crippen molar-refractivity contribution in [1.29, 1.82) is 0 Å². The van der Waals surface area contributed by atoms with Gasteiger partial charge in [-0.15, -0.1) is 0 Å². The molecule has 0 aliphatic rings. The van der Waals surface area contributed by atoms with Crippen LogP contribution in [0.5, 0.6) is 5.75 Å². The van der Waals surface area contributed by atoms with Crippen LogP contribution < -0.4 is 10.1 Å². The van der Waals surface area contributed by atoms with E-state index in [2.05, 4.69) is 5.32 Å². The lowest BCUT2D eigenvalue weighted by molar-refractivity contribution is -0.122. The number of halogens is 2. The Morgan fingerprint density at radius 2 is 2.00 bits per heavy atom. The van der Waals surface area contributed by atoms with Gasteiger partial charge in [-0.3, -0.25) is 4.79 Å². The second-order valence-electron chi connectivity index (χ2n) is 4.47. The molecule has 0 heterocycles. The Balaban J connectivity index is 2.03. The molecule has 0 bridgehead atoms. The van der Waals surface area contributed by atoms with Gasteiger partial charge in [-0.1, -0.05) is 24.6 Å². The second-order valence-corrected chi connectivity index (χ2v) is 4.90. The average molecular weight is 308 g/mol. The van der Waals surface area contributed by atoms with Crippen LogP contribution in [-0.4, -0.2) is 12.0 Å². The van der Waals surface area contributed by atoms with Gasteiger partial charge in [-0.2, -0.15) is 0 Å². The number of hydrogen-bond donors (Lipinski definition) is 1. The predicted octanol–water partition coefficient (Wildman–Crippen LogP) is 4.28. The molecule has 3 nitrogen and oxygen atoms in total. The molecule has 2 aromatic rings. The van der Waals surface area contributed by atoms with Crippen molar-refractivity contribution < 1.29 is 13.9 Å². The third-order valence-corrected chi connectivity index (χ3v) is 3.08. The summed E-state index contributed by atoms with van der Waals surface area (Å²) < 4.78 is 18.5. The van der Waals surface area contributed by atoms with Crippen LogP contribution >= 0.6 is 11.6 Å². The first-order valence-electron chi connectivity index (χ1n) is 6.57. The van der Waals surface area contributed by atoms with Crippen molar-refractivity contribution >= 4 is 23.2 Å². The molecule has 0 aromatic heterocycles. The highest BCUT2D eigenvalue weighted by molar-refractivity contribution is 6.30. The number of hydrogen-bond acceptors (Lipinski definition) is 2. The van der Waals surface area contributed by atoms with Crippen molar-refractivity contribution in [2.75, 3.05) is 5.32 Å². The first-order valence-corrected chi connectivity index (χ1v) is 6.95. The van der Waals surface area contributed by atoms with Crippen molar-refractivity contribution in [3.05, 3.63) is 59.4 Å². The van der Waals surface area contributed by atoms with Gasteiger partial charge in [0.25, 0.3) is 5.91 Å². The molecule has 110 valence electrons. The topological polar surface area (TPSA) is 38.3 Å². The summed E-state index contributed by atoms with van der Waals surface area (Å²) >= 11 is 5.88. The van der Waals surface area contributed by atoms with Gasteiger partial charge in [0.15, 0.2) is 6.10 Å². The van der Waals surface area contributed by atoms with Gasteiger partial charge in [-0.25, -0.2) is 4.39 Å². The molecule has 1 atom stereocenters. The van der Waals surface area contributed by atoms with E-state index in [4.69, 9.17) is 16.3 Å². The molecular weight excluding hydrogens is 293 g/mol. The summed E-state index contributed by atoms with van der Waals surface area (Å²) in [5.41, 5.74) is 0.523.